The molecule has 0 radical (unpaired) electrons. The van der Waals surface area contributed by atoms with Crippen LogP contribution in [0.15, 0.2) is 46.9 Å². The molecule has 0 unspecified atom stereocenters. The molecule has 0 aliphatic carbocycles. The SMILES string of the molecule is COCCOc1ccc(Br)cc1C(=O)NC(=S)Nc1ccc(C(C)=O)cc1. The van der Waals surface area contributed by atoms with Crippen LogP contribution in [0.5, 0.6) is 5.75 Å². The maximum Gasteiger partial charge on any atom is 0.261 e. The summed E-state index contributed by atoms with van der Waals surface area (Å²) in [5.41, 5.74) is 1.61. The number of carbonyl (C=O) groups is 2. The molecule has 0 heterocycles. The van der Waals surface area contributed by atoms with E-state index in [1.54, 1.807) is 49.6 Å². The predicted molar refractivity (Wildman–Crippen MR) is 112 cm³/mol. The Labute approximate surface area is 171 Å². The van der Waals surface area contributed by atoms with Crippen LogP contribution in [0.3, 0.4) is 0 Å². The standard InChI is InChI=1S/C19H19BrN2O4S/c1-12(23)13-3-6-15(7-4-13)21-19(27)22-18(24)16-11-14(20)5-8-17(16)26-10-9-25-2/h3-8,11H,9-10H2,1-2H3,(H2,21,22,24,27). The predicted octanol–water partition coefficient (Wildman–Crippen LogP) is 3.80. The van der Waals surface area contributed by atoms with Gasteiger partial charge in [-0.25, -0.2) is 0 Å². The molecule has 1 amide bonds. The molecule has 6 nitrogen and oxygen atoms in total. The topological polar surface area (TPSA) is 76.7 Å². The molecule has 0 saturated heterocycles. The van der Waals surface area contributed by atoms with Gasteiger partial charge in [-0.3, -0.25) is 14.9 Å². The molecule has 0 spiro atoms. The van der Waals surface area contributed by atoms with Crippen molar-refractivity contribution in [3.63, 3.8) is 0 Å². The first-order chi connectivity index (χ1) is 12.9. The van der Waals surface area contributed by atoms with Crippen LogP contribution in [0, 0.1) is 0 Å². The van der Waals surface area contributed by atoms with E-state index < -0.39 is 5.91 Å². The maximum atomic E-state index is 12.6. The summed E-state index contributed by atoms with van der Waals surface area (Å²) in [4.78, 5) is 23.9. The molecule has 2 aromatic rings. The molecule has 8 heteroatoms. The number of anilines is 1. The Kier molecular flexibility index (Phi) is 7.90. The maximum absolute atomic E-state index is 12.6. The van der Waals surface area contributed by atoms with Gasteiger partial charge in [0.2, 0.25) is 0 Å². The van der Waals surface area contributed by atoms with Crippen molar-refractivity contribution in [3.05, 3.63) is 58.1 Å². The minimum atomic E-state index is -0.401. The Morgan fingerprint density at radius 1 is 1.11 bits per heavy atom. The van der Waals surface area contributed by atoms with Crippen LogP contribution in [0.4, 0.5) is 5.69 Å². The second kappa shape index (κ2) is 10.1. The van der Waals surface area contributed by atoms with Crippen molar-refractivity contribution in [2.24, 2.45) is 0 Å². The van der Waals surface area contributed by atoms with Gasteiger partial charge < -0.3 is 14.8 Å². The van der Waals surface area contributed by atoms with Crippen molar-refractivity contribution < 1.29 is 19.1 Å². The van der Waals surface area contributed by atoms with Crippen molar-refractivity contribution >= 4 is 50.6 Å². The Balaban J connectivity index is 2.04. The summed E-state index contributed by atoms with van der Waals surface area (Å²) in [7, 11) is 1.58. The number of ketones is 1. The first-order valence-electron chi connectivity index (χ1n) is 8.05. The Hall–Kier alpha value is -2.29. The lowest BCUT2D eigenvalue weighted by atomic mass is 10.1. The number of methoxy groups -OCH3 is 1. The summed E-state index contributed by atoms with van der Waals surface area (Å²) in [6.07, 6.45) is 0. The lowest BCUT2D eigenvalue weighted by Crippen LogP contribution is -2.34. The van der Waals surface area contributed by atoms with Crippen LogP contribution in [-0.4, -0.2) is 37.1 Å². The molecule has 0 aliphatic heterocycles. The number of Topliss-reactive ketones (excluding diaryl/α,β-unsaturated/α-hetero) is 1. The minimum Gasteiger partial charge on any atom is -0.490 e. The third-order valence-corrected chi connectivity index (χ3v) is 4.20. The van der Waals surface area contributed by atoms with E-state index in [-0.39, 0.29) is 10.9 Å². The molecule has 0 aliphatic rings. The smallest absolute Gasteiger partial charge is 0.261 e. The fourth-order valence-corrected chi connectivity index (χ4v) is 2.73. The van der Waals surface area contributed by atoms with Gasteiger partial charge in [0.25, 0.3) is 5.91 Å². The highest BCUT2D eigenvalue weighted by Gasteiger charge is 2.15. The summed E-state index contributed by atoms with van der Waals surface area (Å²) >= 11 is 8.55. The van der Waals surface area contributed by atoms with Gasteiger partial charge in [-0.05, 0) is 61.6 Å². The Bertz CT molecular complexity index is 840. The molecule has 27 heavy (non-hydrogen) atoms. The van der Waals surface area contributed by atoms with Gasteiger partial charge in [0, 0.05) is 22.8 Å². The van der Waals surface area contributed by atoms with Crippen LogP contribution in [-0.2, 0) is 4.74 Å². The van der Waals surface area contributed by atoms with E-state index >= 15 is 0 Å². The molecule has 0 fully saturated rings. The van der Waals surface area contributed by atoms with Crippen molar-refractivity contribution in [2.45, 2.75) is 6.92 Å². The second-order valence-corrected chi connectivity index (χ2v) is 6.85. The van der Waals surface area contributed by atoms with Crippen LogP contribution in [0.2, 0.25) is 0 Å². The molecular weight excluding hydrogens is 432 g/mol. The van der Waals surface area contributed by atoms with Crippen LogP contribution < -0.4 is 15.4 Å². The highest BCUT2D eigenvalue weighted by atomic mass is 79.9. The monoisotopic (exact) mass is 450 g/mol. The van der Waals surface area contributed by atoms with Gasteiger partial charge in [-0.15, -0.1) is 0 Å². The number of hydrogen-bond donors (Lipinski definition) is 2. The number of thiocarbonyl (C=S) groups is 1. The summed E-state index contributed by atoms with van der Waals surface area (Å²) in [5, 5.41) is 5.67. The van der Waals surface area contributed by atoms with Crippen molar-refractivity contribution in [1.82, 2.24) is 5.32 Å². The third kappa shape index (κ3) is 6.42. The Morgan fingerprint density at radius 3 is 2.44 bits per heavy atom. The van der Waals surface area contributed by atoms with Gasteiger partial charge in [0.1, 0.15) is 12.4 Å². The number of nitrogens with one attached hydrogen (secondary N) is 2. The molecule has 0 aromatic heterocycles. The van der Waals surface area contributed by atoms with Gasteiger partial charge in [0.15, 0.2) is 10.9 Å². The van der Waals surface area contributed by atoms with Crippen LogP contribution in [0.25, 0.3) is 0 Å². The fraction of sp³-hybridized carbons (Fsp3) is 0.211. The number of amides is 1. The molecule has 0 atom stereocenters. The molecule has 2 aromatic carbocycles. The first kappa shape index (κ1) is 21.0. The highest BCUT2D eigenvalue weighted by molar-refractivity contribution is 9.10. The summed E-state index contributed by atoms with van der Waals surface area (Å²) < 4.78 is 11.3. The molecule has 0 bridgehead atoms. The fourth-order valence-electron chi connectivity index (χ4n) is 2.16. The largest absolute Gasteiger partial charge is 0.490 e. The van der Waals surface area contributed by atoms with Crippen LogP contribution >= 0.6 is 28.1 Å². The van der Waals surface area contributed by atoms with Crippen molar-refractivity contribution in [1.29, 1.82) is 0 Å². The minimum absolute atomic E-state index is 0.0203. The zero-order valence-electron chi connectivity index (χ0n) is 14.9. The van der Waals surface area contributed by atoms with Gasteiger partial charge in [-0.2, -0.15) is 0 Å². The molecule has 2 N–H and O–H groups in total. The van der Waals surface area contributed by atoms with E-state index in [0.717, 1.165) is 4.47 Å². The Morgan fingerprint density at radius 2 is 1.81 bits per heavy atom. The zero-order valence-corrected chi connectivity index (χ0v) is 17.3. The molecular formula is C19H19BrN2O4S. The number of benzene rings is 2. The second-order valence-electron chi connectivity index (χ2n) is 5.52. The molecule has 2 rings (SSSR count). The molecule has 0 saturated carbocycles. The van der Waals surface area contributed by atoms with Gasteiger partial charge in [-0.1, -0.05) is 15.9 Å². The average molecular weight is 451 g/mol. The summed E-state index contributed by atoms with van der Waals surface area (Å²) in [5.74, 6) is 0.0102. The normalized spacial score (nSPS) is 10.2. The zero-order chi connectivity index (χ0) is 19.8. The van der Waals surface area contributed by atoms with E-state index in [1.165, 1.54) is 6.92 Å². The van der Waals surface area contributed by atoms with Crippen LogP contribution in [0.1, 0.15) is 27.6 Å². The molecule has 142 valence electrons. The number of hydrogen-bond acceptors (Lipinski definition) is 5. The number of carbonyl (C=O) groups excluding carboxylic acids is 2. The van der Waals surface area contributed by atoms with Gasteiger partial charge in [0.05, 0.1) is 12.2 Å². The van der Waals surface area contributed by atoms with E-state index in [4.69, 9.17) is 21.7 Å². The van der Waals surface area contributed by atoms with E-state index in [1.807, 2.05) is 0 Å². The quantitative estimate of drug-likeness (QED) is 0.379. The van der Waals surface area contributed by atoms with E-state index in [9.17, 15) is 9.59 Å². The highest BCUT2D eigenvalue weighted by Crippen LogP contribution is 2.23. The van der Waals surface area contributed by atoms with E-state index in [2.05, 4.69) is 26.6 Å². The number of halogens is 1. The summed E-state index contributed by atoms with van der Waals surface area (Å²) in [6, 6.07) is 11.9. The van der Waals surface area contributed by atoms with Gasteiger partial charge >= 0.3 is 0 Å². The first-order valence-corrected chi connectivity index (χ1v) is 9.25. The average Bonchev–Trinajstić information content (AvgIpc) is 2.63. The van der Waals surface area contributed by atoms with Crippen molar-refractivity contribution in [3.8, 4) is 5.75 Å². The third-order valence-electron chi connectivity index (χ3n) is 3.51. The lowest BCUT2D eigenvalue weighted by Gasteiger charge is -2.13. The number of rotatable bonds is 7. The lowest BCUT2D eigenvalue weighted by molar-refractivity contribution is 0.0968. The van der Waals surface area contributed by atoms with E-state index in [0.29, 0.717) is 35.8 Å². The van der Waals surface area contributed by atoms with Crippen molar-refractivity contribution in [2.75, 3.05) is 25.6 Å². The summed E-state index contributed by atoms with van der Waals surface area (Å²) in [6.45, 7) is 2.23. The number of ether oxygens (including phenoxy) is 2.